The molecule has 3 heterocycles. The van der Waals surface area contributed by atoms with Crippen molar-refractivity contribution in [1.82, 2.24) is 14.7 Å². The molecule has 27 heavy (non-hydrogen) atoms. The van der Waals surface area contributed by atoms with Gasteiger partial charge in [0.2, 0.25) is 0 Å². The summed E-state index contributed by atoms with van der Waals surface area (Å²) in [6.45, 7) is 8.90. The van der Waals surface area contributed by atoms with Gasteiger partial charge in [-0.1, -0.05) is 6.92 Å². The van der Waals surface area contributed by atoms with Gasteiger partial charge in [-0.05, 0) is 44.9 Å². The summed E-state index contributed by atoms with van der Waals surface area (Å²) >= 11 is 1.46. The highest BCUT2D eigenvalue weighted by Crippen LogP contribution is 2.37. The van der Waals surface area contributed by atoms with Crippen molar-refractivity contribution in [2.24, 2.45) is 0 Å². The van der Waals surface area contributed by atoms with Crippen molar-refractivity contribution in [2.75, 3.05) is 25.5 Å². The van der Waals surface area contributed by atoms with E-state index in [0.717, 1.165) is 42.9 Å². The van der Waals surface area contributed by atoms with Gasteiger partial charge in [0, 0.05) is 30.2 Å². The number of nitrogens with zero attached hydrogens (tertiary/aromatic N) is 3. The van der Waals surface area contributed by atoms with Gasteiger partial charge in [-0.25, -0.2) is 4.79 Å². The first-order chi connectivity index (χ1) is 12.9. The van der Waals surface area contributed by atoms with Gasteiger partial charge in [0.05, 0.1) is 12.7 Å². The topological polar surface area (TPSA) is 76.5 Å². The van der Waals surface area contributed by atoms with E-state index in [1.165, 1.54) is 18.4 Å². The quantitative estimate of drug-likeness (QED) is 0.766. The summed E-state index contributed by atoms with van der Waals surface area (Å²) in [6, 6.07) is 1.86. The minimum atomic E-state index is -0.403. The summed E-state index contributed by atoms with van der Waals surface area (Å²) in [4.78, 5) is 28.5. The Kier molecular flexibility index (Phi) is 5.96. The first-order valence-corrected chi connectivity index (χ1v) is 10.1. The number of amides is 1. The van der Waals surface area contributed by atoms with Gasteiger partial charge in [0.1, 0.15) is 5.00 Å². The molecule has 2 aromatic rings. The normalized spacial score (nSPS) is 14.3. The number of carbonyl (C=O) groups excluding carboxylic acids is 2. The van der Waals surface area contributed by atoms with Crippen LogP contribution in [0, 0.1) is 0 Å². The molecule has 3 rings (SSSR count). The lowest BCUT2D eigenvalue weighted by atomic mass is 10.0. The van der Waals surface area contributed by atoms with Crippen LogP contribution in [0.4, 0.5) is 5.00 Å². The van der Waals surface area contributed by atoms with Crippen LogP contribution in [0.5, 0.6) is 0 Å². The number of hydrogen-bond donors (Lipinski definition) is 1. The van der Waals surface area contributed by atoms with Gasteiger partial charge in [-0.3, -0.25) is 14.4 Å². The highest BCUT2D eigenvalue weighted by molar-refractivity contribution is 7.17. The molecule has 7 nitrogen and oxygen atoms in total. The standard InChI is InChI=1S/C19H26N4O3S/c1-5-8-22-9-6-13-15(11-22)27-18(16(13)19(25)26-4)20-17(24)14-7-10-23(21-14)12(2)3/h7,10,12H,5-6,8-9,11H2,1-4H3,(H,20,24). The number of hydrogen-bond acceptors (Lipinski definition) is 6. The van der Waals surface area contributed by atoms with E-state index in [1.54, 1.807) is 16.9 Å². The predicted octanol–water partition coefficient (Wildman–Crippen LogP) is 3.33. The van der Waals surface area contributed by atoms with E-state index < -0.39 is 5.97 Å². The number of methoxy groups -OCH3 is 1. The van der Waals surface area contributed by atoms with Crippen molar-refractivity contribution in [2.45, 2.75) is 46.2 Å². The van der Waals surface area contributed by atoms with Crippen LogP contribution in [0.3, 0.4) is 0 Å². The lowest BCUT2D eigenvalue weighted by Gasteiger charge is -2.26. The molecule has 0 aliphatic carbocycles. The highest BCUT2D eigenvalue weighted by Gasteiger charge is 2.29. The molecule has 0 aromatic carbocycles. The van der Waals surface area contributed by atoms with Gasteiger partial charge >= 0.3 is 5.97 Å². The number of aromatic nitrogens is 2. The Morgan fingerprint density at radius 2 is 2.19 bits per heavy atom. The van der Waals surface area contributed by atoms with Crippen molar-refractivity contribution >= 4 is 28.2 Å². The maximum atomic E-state index is 12.7. The number of rotatable bonds is 6. The van der Waals surface area contributed by atoms with E-state index in [4.69, 9.17) is 4.74 Å². The molecule has 0 spiro atoms. The number of esters is 1. The molecule has 0 unspecified atom stereocenters. The van der Waals surface area contributed by atoms with Crippen LogP contribution in [0.1, 0.15) is 64.5 Å². The van der Waals surface area contributed by atoms with Crippen LogP contribution in [0.2, 0.25) is 0 Å². The predicted molar refractivity (Wildman–Crippen MR) is 105 cm³/mol. The molecule has 1 aliphatic heterocycles. The summed E-state index contributed by atoms with van der Waals surface area (Å²) in [5.74, 6) is -0.719. The third-order valence-electron chi connectivity index (χ3n) is 4.66. The fraction of sp³-hybridized carbons (Fsp3) is 0.526. The second kappa shape index (κ2) is 8.22. The summed E-state index contributed by atoms with van der Waals surface area (Å²) in [7, 11) is 1.37. The Bertz CT molecular complexity index is 840. The molecule has 1 N–H and O–H groups in total. The minimum absolute atomic E-state index is 0.177. The minimum Gasteiger partial charge on any atom is -0.465 e. The lowest BCUT2D eigenvalue weighted by Crippen LogP contribution is -2.30. The zero-order valence-electron chi connectivity index (χ0n) is 16.2. The molecule has 0 fully saturated rings. The summed E-state index contributed by atoms with van der Waals surface area (Å²) in [5.41, 5.74) is 1.83. The third-order valence-corrected chi connectivity index (χ3v) is 5.79. The molecule has 0 saturated carbocycles. The van der Waals surface area contributed by atoms with E-state index in [9.17, 15) is 9.59 Å². The number of nitrogens with one attached hydrogen (secondary N) is 1. The van der Waals surface area contributed by atoms with E-state index in [1.807, 2.05) is 13.8 Å². The summed E-state index contributed by atoms with van der Waals surface area (Å²) in [5, 5.41) is 7.74. The van der Waals surface area contributed by atoms with Crippen molar-refractivity contribution in [3.8, 4) is 0 Å². The maximum Gasteiger partial charge on any atom is 0.341 e. The Morgan fingerprint density at radius 3 is 2.81 bits per heavy atom. The van der Waals surface area contributed by atoms with Gasteiger partial charge in [-0.15, -0.1) is 11.3 Å². The molecular formula is C19H26N4O3S. The molecule has 1 amide bonds. The number of fused-ring (bicyclic) bond motifs is 1. The molecule has 2 aromatic heterocycles. The molecule has 0 bridgehead atoms. The van der Waals surface area contributed by atoms with Crippen molar-refractivity contribution in [1.29, 1.82) is 0 Å². The number of carbonyl (C=O) groups is 2. The molecule has 8 heteroatoms. The van der Waals surface area contributed by atoms with Gasteiger partial charge in [0.15, 0.2) is 5.69 Å². The van der Waals surface area contributed by atoms with Crippen LogP contribution in [0.25, 0.3) is 0 Å². The Morgan fingerprint density at radius 1 is 1.41 bits per heavy atom. The van der Waals surface area contributed by atoms with Gasteiger partial charge in [-0.2, -0.15) is 5.10 Å². The summed E-state index contributed by atoms with van der Waals surface area (Å²) in [6.07, 6.45) is 3.66. The zero-order chi connectivity index (χ0) is 19.6. The van der Waals surface area contributed by atoms with Crippen LogP contribution in [-0.4, -0.2) is 46.8 Å². The summed E-state index contributed by atoms with van der Waals surface area (Å²) < 4.78 is 6.72. The Hall–Kier alpha value is -2.19. The molecule has 0 atom stereocenters. The highest BCUT2D eigenvalue weighted by atomic mass is 32.1. The van der Waals surface area contributed by atoms with E-state index in [-0.39, 0.29) is 11.9 Å². The molecule has 0 radical (unpaired) electrons. The maximum absolute atomic E-state index is 12.7. The third kappa shape index (κ3) is 4.06. The second-order valence-electron chi connectivity index (χ2n) is 6.95. The monoisotopic (exact) mass is 390 g/mol. The van der Waals surface area contributed by atoms with E-state index >= 15 is 0 Å². The lowest BCUT2D eigenvalue weighted by molar-refractivity contribution is 0.0600. The Labute approximate surface area is 163 Å². The Balaban J connectivity index is 1.87. The first-order valence-electron chi connectivity index (χ1n) is 9.26. The largest absolute Gasteiger partial charge is 0.465 e. The van der Waals surface area contributed by atoms with Crippen molar-refractivity contribution in [3.63, 3.8) is 0 Å². The van der Waals surface area contributed by atoms with E-state index in [2.05, 4.69) is 22.2 Å². The number of ether oxygens (including phenoxy) is 1. The van der Waals surface area contributed by atoms with Crippen LogP contribution in [-0.2, 0) is 17.7 Å². The van der Waals surface area contributed by atoms with Crippen molar-refractivity contribution < 1.29 is 14.3 Å². The SMILES string of the molecule is CCCN1CCc2c(sc(NC(=O)c3ccn(C(C)C)n3)c2C(=O)OC)C1. The molecule has 1 aliphatic rings. The average molecular weight is 391 g/mol. The fourth-order valence-electron chi connectivity index (χ4n) is 3.28. The van der Waals surface area contributed by atoms with E-state index in [0.29, 0.717) is 16.3 Å². The second-order valence-corrected chi connectivity index (χ2v) is 8.06. The molecular weight excluding hydrogens is 364 g/mol. The smallest absolute Gasteiger partial charge is 0.341 e. The van der Waals surface area contributed by atoms with Crippen molar-refractivity contribution in [3.05, 3.63) is 34.0 Å². The number of anilines is 1. The molecule has 146 valence electrons. The number of thiophene rings is 1. The fourth-order valence-corrected chi connectivity index (χ4v) is 4.56. The van der Waals surface area contributed by atoms with Gasteiger partial charge in [0.25, 0.3) is 5.91 Å². The van der Waals surface area contributed by atoms with Crippen LogP contribution < -0.4 is 5.32 Å². The molecule has 0 saturated heterocycles. The van der Waals surface area contributed by atoms with Gasteiger partial charge < -0.3 is 10.1 Å². The first kappa shape index (κ1) is 19.6. The zero-order valence-corrected chi connectivity index (χ0v) is 17.1. The average Bonchev–Trinajstić information content (AvgIpc) is 3.26. The van der Waals surface area contributed by atoms with Crippen LogP contribution in [0.15, 0.2) is 12.3 Å². The van der Waals surface area contributed by atoms with Crippen LogP contribution >= 0.6 is 11.3 Å².